The van der Waals surface area contributed by atoms with Crippen LogP contribution in [0.4, 0.5) is 0 Å². The number of ether oxygens (including phenoxy) is 1. The first-order valence-electron chi connectivity index (χ1n) is 5.67. The lowest BCUT2D eigenvalue weighted by atomic mass is 9.82. The molecule has 1 N–H and O–H groups in total. The zero-order valence-electron chi connectivity index (χ0n) is 10.3. The fourth-order valence-electron chi connectivity index (χ4n) is 1.61. The van der Waals surface area contributed by atoms with Crippen molar-refractivity contribution in [1.82, 2.24) is 5.32 Å². The average Bonchev–Trinajstić information content (AvgIpc) is 2.27. The molecule has 90 valence electrons. The van der Waals surface area contributed by atoms with E-state index in [1.54, 1.807) is 13.8 Å². The van der Waals surface area contributed by atoms with Gasteiger partial charge in [-0.05, 0) is 32.1 Å². The van der Waals surface area contributed by atoms with Crippen LogP contribution in [0.5, 0.6) is 0 Å². The maximum atomic E-state index is 11.7. The number of hydrogen-bond acceptors (Lipinski definition) is 3. The molecule has 16 heavy (non-hydrogen) atoms. The van der Waals surface area contributed by atoms with Crippen LogP contribution < -0.4 is 5.32 Å². The Morgan fingerprint density at radius 2 is 2.06 bits per heavy atom. The fourth-order valence-corrected chi connectivity index (χ4v) is 1.61. The van der Waals surface area contributed by atoms with E-state index in [9.17, 15) is 4.79 Å². The molecule has 1 amide bonds. The van der Waals surface area contributed by atoms with Gasteiger partial charge in [0.1, 0.15) is 5.41 Å². The number of hydrogen-bond donors (Lipinski definition) is 1. The molecule has 1 rings (SSSR count). The molecule has 0 saturated carbocycles. The van der Waals surface area contributed by atoms with E-state index in [2.05, 4.69) is 12.2 Å². The van der Waals surface area contributed by atoms with Crippen LogP contribution in [0.15, 0.2) is 0 Å². The summed E-state index contributed by atoms with van der Waals surface area (Å²) in [5.74, 6) is -0.192. The number of amides is 1. The molecule has 0 bridgehead atoms. The Kier molecular flexibility index (Phi) is 3.93. The summed E-state index contributed by atoms with van der Waals surface area (Å²) in [7, 11) is 0. The molecule has 0 aromatic rings. The Labute approximate surface area is 97.0 Å². The van der Waals surface area contributed by atoms with Crippen LogP contribution in [0.2, 0.25) is 0 Å². The van der Waals surface area contributed by atoms with E-state index in [0.29, 0.717) is 6.54 Å². The molecule has 0 unspecified atom stereocenters. The van der Waals surface area contributed by atoms with Crippen LogP contribution in [0.3, 0.4) is 0 Å². The molecule has 1 heterocycles. The van der Waals surface area contributed by atoms with E-state index >= 15 is 0 Å². The number of rotatable bonds is 3. The highest BCUT2D eigenvalue weighted by Crippen LogP contribution is 2.29. The van der Waals surface area contributed by atoms with Crippen molar-refractivity contribution >= 4 is 5.91 Å². The van der Waals surface area contributed by atoms with Crippen LogP contribution in [0, 0.1) is 22.2 Å². The second-order valence-electron chi connectivity index (χ2n) is 5.34. The van der Waals surface area contributed by atoms with Gasteiger partial charge >= 0.3 is 0 Å². The van der Waals surface area contributed by atoms with Crippen molar-refractivity contribution < 1.29 is 9.53 Å². The summed E-state index contributed by atoms with van der Waals surface area (Å²) in [4.78, 5) is 11.7. The Balaban J connectivity index is 2.45. The van der Waals surface area contributed by atoms with E-state index in [4.69, 9.17) is 10.00 Å². The number of nitrogens with zero attached hydrogens (tertiary/aromatic N) is 1. The number of carbonyl (C=O) groups excluding carboxylic acids is 1. The highest BCUT2D eigenvalue weighted by atomic mass is 16.5. The Hall–Kier alpha value is -1.08. The lowest BCUT2D eigenvalue weighted by Crippen LogP contribution is -2.43. The van der Waals surface area contributed by atoms with Crippen molar-refractivity contribution in [2.75, 3.05) is 19.8 Å². The minimum atomic E-state index is -0.943. The molecule has 1 aliphatic rings. The van der Waals surface area contributed by atoms with Crippen LogP contribution in [0.1, 0.15) is 33.6 Å². The molecule has 0 aliphatic carbocycles. The summed E-state index contributed by atoms with van der Waals surface area (Å²) in [5, 5.41) is 11.7. The van der Waals surface area contributed by atoms with Gasteiger partial charge in [0.05, 0.1) is 6.07 Å². The van der Waals surface area contributed by atoms with Crippen LogP contribution >= 0.6 is 0 Å². The zero-order chi connectivity index (χ0) is 12.2. The first kappa shape index (κ1) is 13.0. The molecule has 0 spiro atoms. The zero-order valence-corrected chi connectivity index (χ0v) is 10.3. The third kappa shape index (κ3) is 3.21. The van der Waals surface area contributed by atoms with Gasteiger partial charge < -0.3 is 10.1 Å². The smallest absolute Gasteiger partial charge is 0.239 e. The van der Waals surface area contributed by atoms with Crippen LogP contribution in [-0.2, 0) is 9.53 Å². The molecule has 0 radical (unpaired) electrons. The van der Waals surface area contributed by atoms with E-state index in [0.717, 1.165) is 26.1 Å². The third-order valence-electron chi connectivity index (χ3n) is 3.22. The van der Waals surface area contributed by atoms with E-state index < -0.39 is 5.41 Å². The molecule has 1 aliphatic heterocycles. The molecule has 0 aromatic carbocycles. The minimum absolute atomic E-state index is 0.111. The van der Waals surface area contributed by atoms with Gasteiger partial charge in [0.2, 0.25) is 5.91 Å². The molecule has 4 heteroatoms. The fraction of sp³-hybridized carbons (Fsp3) is 0.833. The van der Waals surface area contributed by atoms with Crippen LogP contribution in [-0.4, -0.2) is 25.7 Å². The van der Waals surface area contributed by atoms with Gasteiger partial charge in [-0.2, -0.15) is 5.26 Å². The SMILES string of the molecule is CC1(CNC(=O)C(C)(C)C#N)CCOCC1. The van der Waals surface area contributed by atoms with Crippen LogP contribution in [0.25, 0.3) is 0 Å². The van der Waals surface area contributed by atoms with E-state index in [-0.39, 0.29) is 11.3 Å². The summed E-state index contributed by atoms with van der Waals surface area (Å²) >= 11 is 0. The molecule has 4 nitrogen and oxygen atoms in total. The Morgan fingerprint density at radius 1 is 1.50 bits per heavy atom. The highest BCUT2D eigenvalue weighted by Gasteiger charge is 2.31. The van der Waals surface area contributed by atoms with Gasteiger partial charge in [-0.3, -0.25) is 4.79 Å². The van der Waals surface area contributed by atoms with E-state index in [1.165, 1.54) is 0 Å². The first-order valence-corrected chi connectivity index (χ1v) is 5.67. The second kappa shape index (κ2) is 4.84. The van der Waals surface area contributed by atoms with Crippen molar-refractivity contribution in [3.05, 3.63) is 0 Å². The van der Waals surface area contributed by atoms with Crippen molar-refractivity contribution in [1.29, 1.82) is 5.26 Å². The maximum Gasteiger partial charge on any atom is 0.239 e. The number of carbonyl (C=O) groups is 1. The van der Waals surface area contributed by atoms with Crippen molar-refractivity contribution in [3.63, 3.8) is 0 Å². The van der Waals surface area contributed by atoms with Crippen molar-refractivity contribution in [2.45, 2.75) is 33.6 Å². The summed E-state index contributed by atoms with van der Waals surface area (Å²) in [5.41, 5.74) is -0.832. The second-order valence-corrected chi connectivity index (χ2v) is 5.34. The summed E-state index contributed by atoms with van der Waals surface area (Å²) < 4.78 is 5.30. The minimum Gasteiger partial charge on any atom is -0.381 e. The monoisotopic (exact) mass is 224 g/mol. The summed E-state index contributed by atoms with van der Waals surface area (Å²) in [6.07, 6.45) is 1.92. The predicted molar refractivity (Wildman–Crippen MR) is 60.6 cm³/mol. The predicted octanol–water partition coefficient (Wildman–Crippen LogP) is 1.47. The standard InChI is InChI=1S/C12H20N2O2/c1-11(2,8-13)10(15)14-9-12(3)4-6-16-7-5-12/h4-7,9H2,1-3H3,(H,14,15). The normalized spacial score (nSPS) is 19.9. The van der Waals surface area contributed by atoms with Crippen molar-refractivity contribution in [2.24, 2.45) is 10.8 Å². The van der Waals surface area contributed by atoms with Gasteiger partial charge in [0.25, 0.3) is 0 Å². The topological polar surface area (TPSA) is 62.1 Å². The quantitative estimate of drug-likeness (QED) is 0.789. The van der Waals surface area contributed by atoms with Crippen molar-refractivity contribution in [3.8, 4) is 6.07 Å². The molecule has 0 atom stereocenters. The van der Waals surface area contributed by atoms with Gasteiger partial charge in [0.15, 0.2) is 0 Å². The third-order valence-corrected chi connectivity index (χ3v) is 3.22. The lowest BCUT2D eigenvalue weighted by Gasteiger charge is -2.34. The average molecular weight is 224 g/mol. The molecular formula is C12H20N2O2. The van der Waals surface area contributed by atoms with Gasteiger partial charge in [-0.1, -0.05) is 6.92 Å². The van der Waals surface area contributed by atoms with E-state index in [1.807, 2.05) is 6.07 Å². The number of nitriles is 1. The van der Waals surface area contributed by atoms with Gasteiger partial charge in [-0.25, -0.2) is 0 Å². The first-order chi connectivity index (χ1) is 7.40. The molecular weight excluding hydrogens is 204 g/mol. The maximum absolute atomic E-state index is 11.7. The number of nitrogens with one attached hydrogen (secondary N) is 1. The molecule has 1 saturated heterocycles. The molecule has 1 fully saturated rings. The Bertz CT molecular complexity index is 299. The summed E-state index contributed by atoms with van der Waals surface area (Å²) in [6.45, 7) is 7.56. The highest BCUT2D eigenvalue weighted by molar-refractivity contribution is 5.84. The lowest BCUT2D eigenvalue weighted by molar-refractivity contribution is -0.127. The van der Waals surface area contributed by atoms with Gasteiger partial charge in [0, 0.05) is 19.8 Å². The Morgan fingerprint density at radius 3 is 2.56 bits per heavy atom. The largest absolute Gasteiger partial charge is 0.381 e. The molecule has 0 aromatic heterocycles. The van der Waals surface area contributed by atoms with Gasteiger partial charge in [-0.15, -0.1) is 0 Å². The summed E-state index contributed by atoms with van der Waals surface area (Å²) in [6, 6.07) is 2.00.